The molecule has 4 rings (SSSR count). The lowest BCUT2D eigenvalue weighted by atomic mass is 9.90. The Morgan fingerprint density at radius 1 is 1.07 bits per heavy atom. The van der Waals surface area contributed by atoms with Crippen LogP contribution in [0.3, 0.4) is 0 Å². The molecular formula is C24H27FN2O3. The average Bonchev–Trinajstić information content (AvgIpc) is 3.59. The number of likely N-dealkylation sites (N-methyl/N-ethyl adjacent to an activating group) is 1. The summed E-state index contributed by atoms with van der Waals surface area (Å²) in [4.78, 5) is 29.1. The number of ether oxygens (including phenoxy) is 1. The van der Waals surface area contributed by atoms with Crippen molar-refractivity contribution in [2.45, 2.75) is 24.9 Å². The first-order chi connectivity index (χ1) is 14.4. The summed E-state index contributed by atoms with van der Waals surface area (Å²) in [5, 5.41) is 0. The van der Waals surface area contributed by atoms with E-state index >= 15 is 0 Å². The number of hydrogen-bond acceptors (Lipinski definition) is 3. The quantitative estimate of drug-likeness (QED) is 0.761. The van der Waals surface area contributed by atoms with Crippen molar-refractivity contribution >= 4 is 11.8 Å². The molecule has 30 heavy (non-hydrogen) atoms. The van der Waals surface area contributed by atoms with Crippen LogP contribution in [-0.4, -0.2) is 61.0 Å². The molecule has 2 aromatic carbocycles. The molecule has 1 atom stereocenters. The zero-order valence-corrected chi connectivity index (χ0v) is 17.4. The van der Waals surface area contributed by atoms with Gasteiger partial charge in [0.2, 0.25) is 5.91 Å². The maximum atomic E-state index is 13.2. The summed E-state index contributed by atoms with van der Waals surface area (Å²) in [6, 6.07) is 14.2. The van der Waals surface area contributed by atoms with Crippen LogP contribution in [0.4, 0.5) is 4.39 Å². The van der Waals surface area contributed by atoms with E-state index in [-0.39, 0.29) is 30.1 Å². The molecule has 6 heteroatoms. The highest BCUT2D eigenvalue weighted by molar-refractivity contribution is 5.88. The van der Waals surface area contributed by atoms with Crippen molar-refractivity contribution in [3.63, 3.8) is 0 Å². The fourth-order valence-electron chi connectivity index (χ4n) is 4.07. The molecule has 1 saturated carbocycles. The van der Waals surface area contributed by atoms with E-state index in [1.54, 1.807) is 31.1 Å². The predicted molar refractivity (Wildman–Crippen MR) is 112 cm³/mol. The molecule has 0 aromatic heterocycles. The van der Waals surface area contributed by atoms with Crippen LogP contribution < -0.4 is 0 Å². The Balaban J connectivity index is 1.56. The number of halogens is 1. The van der Waals surface area contributed by atoms with Crippen molar-refractivity contribution in [2.75, 3.05) is 33.8 Å². The van der Waals surface area contributed by atoms with Crippen LogP contribution in [0.2, 0.25) is 0 Å². The van der Waals surface area contributed by atoms with E-state index < -0.39 is 5.60 Å². The van der Waals surface area contributed by atoms with Gasteiger partial charge >= 0.3 is 0 Å². The van der Waals surface area contributed by atoms with Gasteiger partial charge in [-0.3, -0.25) is 9.59 Å². The van der Waals surface area contributed by atoms with E-state index in [9.17, 15) is 14.0 Å². The van der Waals surface area contributed by atoms with Gasteiger partial charge in [-0.05, 0) is 41.7 Å². The molecule has 1 heterocycles. The lowest BCUT2D eigenvalue weighted by molar-refractivity contribution is -0.173. The highest BCUT2D eigenvalue weighted by Gasteiger charge is 2.47. The first kappa shape index (κ1) is 20.5. The Bertz CT molecular complexity index is 922. The van der Waals surface area contributed by atoms with Crippen molar-refractivity contribution in [1.82, 2.24) is 9.80 Å². The number of morpholine rings is 1. The van der Waals surface area contributed by atoms with Gasteiger partial charge in [0.05, 0.1) is 13.2 Å². The molecule has 1 saturated heterocycles. The molecular weight excluding hydrogens is 383 g/mol. The first-order valence-electron chi connectivity index (χ1n) is 10.4. The number of nitrogens with zero attached hydrogens (tertiary/aromatic N) is 2. The average molecular weight is 410 g/mol. The summed E-state index contributed by atoms with van der Waals surface area (Å²) in [6.07, 6.45) is 2.27. The number of amides is 2. The van der Waals surface area contributed by atoms with Gasteiger partial charge in [0.15, 0.2) is 5.60 Å². The van der Waals surface area contributed by atoms with E-state index in [0.29, 0.717) is 19.6 Å². The van der Waals surface area contributed by atoms with Gasteiger partial charge in [0, 0.05) is 33.0 Å². The number of rotatable bonds is 5. The zero-order valence-electron chi connectivity index (χ0n) is 17.4. The SMILES string of the molecule is CN(C)C(=O)C1(Cc2ccc(-c3ccc(F)cc3)cc2)CN(C(=O)C2CC2)CCO1. The zero-order chi connectivity index (χ0) is 21.3. The topological polar surface area (TPSA) is 49.9 Å². The molecule has 5 nitrogen and oxygen atoms in total. The monoisotopic (exact) mass is 410 g/mol. The van der Waals surface area contributed by atoms with E-state index in [1.165, 1.54) is 17.0 Å². The van der Waals surface area contributed by atoms with Crippen LogP contribution in [0.25, 0.3) is 11.1 Å². The van der Waals surface area contributed by atoms with Gasteiger partial charge in [-0.15, -0.1) is 0 Å². The van der Waals surface area contributed by atoms with Crippen LogP contribution in [0.15, 0.2) is 48.5 Å². The van der Waals surface area contributed by atoms with Crippen molar-refractivity contribution in [1.29, 1.82) is 0 Å². The maximum Gasteiger partial charge on any atom is 0.256 e. The van der Waals surface area contributed by atoms with Crippen LogP contribution in [0, 0.1) is 11.7 Å². The molecule has 1 aliphatic heterocycles. The Kier molecular flexibility index (Phi) is 5.60. The Morgan fingerprint density at radius 2 is 1.67 bits per heavy atom. The van der Waals surface area contributed by atoms with Crippen molar-refractivity contribution in [3.8, 4) is 11.1 Å². The normalized spacial score (nSPS) is 21.4. The molecule has 2 aliphatic rings. The lowest BCUT2D eigenvalue weighted by Crippen LogP contribution is -2.62. The standard InChI is InChI=1S/C24H27FN2O3/c1-26(2)23(29)24(16-27(13-14-30-24)22(28)20-7-8-20)15-17-3-5-18(6-4-17)19-9-11-21(25)12-10-19/h3-6,9-12,20H,7-8,13-16H2,1-2H3. The predicted octanol–water partition coefficient (Wildman–Crippen LogP) is 3.13. The molecule has 0 radical (unpaired) electrons. The van der Waals surface area contributed by atoms with E-state index in [2.05, 4.69) is 0 Å². The second-order valence-electron chi connectivity index (χ2n) is 8.46. The lowest BCUT2D eigenvalue weighted by Gasteiger charge is -2.43. The van der Waals surface area contributed by atoms with E-state index in [0.717, 1.165) is 29.5 Å². The largest absolute Gasteiger partial charge is 0.361 e. The third-order valence-corrected chi connectivity index (χ3v) is 5.84. The molecule has 0 spiro atoms. The Morgan fingerprint density at radius 3 is 2.23 bits per heavy atom. The fourth-order valence-corrected chi connectivity index (χ4v) is 4.07. The molecule has 1 aliphatic carbocycles. The highest BCUT2D eigenvalue weighted by atomic mass is 19.1. The molecule has 2 aromatic rings. The van der Waals surface area contributed by atoms with Crippen LogP contribution in [-0.2, 0) is 20.7 Å². The number of carbonyl (C=O) groups excluding carboxylic acids is 2. The van der Waals surface area contributed by atoms with Crippen molar-refractivity contribution in [2.24, 2.45) is 5.92 Å². The molecule has 2 fully saturated rings. The Hall–Kier alpha value is -2.73. The van der Waals surface area contributed by atoms with Crippen LogP contribution >= 0.6 is 0 Å². The smallest absolute Gasteiger partial charge is 0.256 e. The second kappa shape index (κ2) is 8.19. The summed E-state index contributed by atoms with van der Waals surface area (Å²) in [6.45, 7) is 1.16. The molecule has 2 amide bonds. The van der Waals surface area contributed by atoms with Gasteiger partial charge < -0.3 is 14.5 Å². The number of carbonyl (C=O) groups is 2. The maximum absolute atomic E-state index is 13.2. The Labute approximate surface area is 176 Å². The molecule has 0 N–H and O–H groups in total. The molecule has 1 unspecified atom stereocenters. The summed E-state index contributed by atoms with van der Waals surface area (Å²) < 4.78 is 19.2. The second-order valence-corrected chi connectivity index (χ2v) is 8.46. The summed E-state index contributed by atoms with van der Waals surface area (Å²) >= 11 is 0. The van der Waals surface area contributed by atoms with E-state index in [4.69, 9.17) is 4.74 Å². The van der Waals surface area contributed by atoms with Gasteiger partial charge in [0.1, 0.15) is 5.82 Å². The van der Waals surface area contributed by atoms with Crippen molar-refractivity contribution < 1.29 is 18.7 Å². The van der Waals surface area contributed by atoms with Gasteiger partial charge in [0.25, 0.3) is 5.91 Å². The minimum atomic E-state index is -1.08. The van der Waals surface area contributed by atoms with Gasteiger partial charge in [-0.1, -0.05) is 36.4 Å². The van der Waals surface area contributed by atoms with Crippen LogP contribution in [0.5, 0.6) is 0 Å². The summed E-state index contributed by atoms with van der Waals surface area (Å²) in [5.41, 5.74) is 1.78. The first-order valence-corrected chi connectivity index (χ1v) is 10.4. The highest BCUT2D eigenvalue weighted by Crippen LogP contribution is 2.34. The summed E-state index contributed by atoms with van der Waals surface area (Å²) in [5.74, 6) is -0.135. The number of benzene rings is 2. The van der Waals surface area contributed by atoms with Crippen molar-refractivity contribution in [3.05, 3.63) is 59.9 Å². The summed E-state index contributed by atoms with van der Waals surface area (Å²) in [7, 11) is 3.43. The number of hydrogen-bond donors (Lipinski definition) is 0. The molecule has 0 bridgehead atoms. The minimum Gasteiger partial charge on any atom is -0.361 e. The molecule has 158 valence electrons. The van der Waals surface area contributed by atoms with Gasteiger partial charge in [-0.25, -0.2) is 4.39 Å². The fraction of sp³-hybridized carbons (Fsp3) is 0.417. The third kappa shape index (κ3) is 4.24. The van der Waals surface area contributed by atoms with Crippen LogP contribution in [0.1, 0.15) is 18.4 Å². The van der Waals surface area contributed by atoms with Gasteiger partial charge in [-0.2, -0.15) is 0 Å². The van der Waals surface area contributed by atoms with E-state index in [1.807, 2.05) is 24.3 Å². The minimum absolute atomic E-state index is 0.116. The third-order valence-electron chi connectivity index (χ3n) is 5.84.